The van der Waals surface area contributed by atoms with Gasteiger partial charge in [0.1, 0.15) is 0 Å². The summed E-state index contributed by atoms with van der Waals surface area (Å²) >= 11 is 0.206. The molecule has 1 aliphatic heterocycles. The number of ether oxygens (including phenoxy) is 1. The van der Waals surface area contributed by atoms with Crippen LogP contribution in [0, 0.1) is 0 Å². The Labute approximate surface area is 178 Å². The van der Waals surface area contributed by atoms with Crippen molar-refractivity contribution >= 4 is 40.5 Å². The minimum atomic E-state index is 0.206. The molecule has 0 radical (unpaired) electrons. The third-order valence-electron chi connectivity index (χ3n) is 5.51. The number of anilines is 1. The first kappa shape index (κ1) is 20.2. The molecular formula is C22H29N5OSe. The molecule has 3 N–H and O–H groups in total. The fraction of sp³-hybridized carbons (Fsp3) is 0.409. The zero-order chi connectivity index (χ0) is 20.4. The van der Waals surface area contributed by atoms with Gasteiger partial charge in [0.05, 0.1) is 0 Å². The van der Waals surface area contributed by atoms with Crippen molar-refractivity contribution in [2.24, 2.45) is 5.73 Å². The van der Waals surface area contributed by atoms with E-state index in [2.05, 4.69) is 59.1 Å². The third-order valence-corrected chi connectivity index (χ3v) is 8.03. The molecule has 3 aromatic rings. The van der Waals surface area contributed by atoms with Crippen molar-refractivity contribution < 1.29 is 4.74 Å². The number of nitrogens with zero attached hydrogens (tertiary/aromatic N) is 3. The first-order valence-corrected chi connectivity index (χ1v) is 12.0. The van der Waals surface area contributed by atoms with Crippen LogP contribution in [-0.4, -0.2) is 69.5 Å². The number of benzene rings is 2. The van der Waals surface area contributed by atoms with Crippen LogP contribution in [0.4, 0.5) is 5.69 Å². The molecule has 0 aliphatic carbocycles. The van der Waals surface area contributed by atoms with Gasteiger partial charge in [0.2, 0.25) is 0 Å². The molecular weight excluding hydrogens is 429 g/mol. The van der Waals surface area contributed by atoms with Crippen molar-refractivity contribution in [3.05, 3.63) is 30.3 Å². The molecule has 7 heteroatoms. The van der Waals surface area contributed by atoms with E-state index in [1.165, 1.54) is 31.1 Å². The Morgan fingerprint density at radius 1 is 1.21 bits per heavy atom. The molecule has 2 aromatic carbocycles. The number of hydrogen-bond acceptors (Lipinski definition) is 5. The predicted molar refractivity (Wildman–Crippen MR) is 122 cm³/mol. The summed E-state index contributed by atoms with van der Waals surface area (Å²) < 4.78 is 10.4. The molecule has 0 spiro atoms. The third kappa shape index (κ3) is 3.76. The Hall–Kier alpha value is -2.05. The average molecular weight is 458 g/mol. The van der Waals surface area contributed by atoms with Gasteiger partial charge in [0.25, 0.3) is 0 Å². The van der Waals surface area contributed by atoms with Crippen LogP contribution in [0.3, 0.4) is 0 Å². The number of nitrogens with two attached hydrogens (primary N) is 1. The van der Waals surface area contributed by atoms with Crippen LogP contribution in [0.5, 0.6) is 5.75 Å². The SMILES string of the molecule is CCN(CC)CCn1nc2c3c(c(NCCN)ccc31)[Se]c1ccc(OC)cc1-2. The van der Waals surface area contributed by atoms with Gasteiger partial charge in [-0.1, -0.05) is 0 Å². The molecule has 6 nitrogen and oxygen atoms in total. The molecule has 0 fully saturated rings. The topological polar surface area (TPSA) is 68.3 Å². The Morgan fingerprint density at radius 3 is 2.76 bits per heavy atom. The summed E-state index contributed by atoms with van der Waals surface area (Å²) in [4.78, 5) is 2.44. The van der Waals surface area contributed by atoms with E-state index in [1.807, 2.05) is 0 Å². The molecule has 0 unspecified atom stereocenters. The van der Waals surface area contributed by atoms with Gasteiger partial charge in [0.15, 0.2) is 0 Å². The molecule has 0 atom stereocenters. The van der Waals surface area contributed by atoms with Crippen molar-refractivity contribution in [3.63, 3.8) is 0 Å². The molecule has 0 bridgehead atoms. The van der Waals surface area contributed by atoms with E-state index < -0.39 is 0 Å². The van der Waals surface area contributed by atoms with E-state index in [0.717, 1.165) is 44.2 Å². The number of likely N-dealkylation sites (N-methyl/N-ethyl adjacent to an activating group) is 1. The normalized spacial score (nSPS) is 12.4. The van der Waals surface area contributed by atoms with Crippen LogP contribution in [0.2, 0.25) is 0 Å². The fourth-order valence-corrected chi connectivity index (χ4v) is 6.31. The number of aromatic nitrogens is 2. The second-order valence-electron chi connectivity index (χ2n) is 7.11. The molecule has 2 heterocycles. The van der Waals surface area contributed by atoms with E-state index in [9.17, 15) is 0 Å². The molecule has 154 valence electrons. The molecule has 4 rings (SSSR count). The molecule has 29 heavy (non-hydrogen) atoms. The Morgan fingerprint density at radius 2 is 2.03 bits per heavy atom. The first-order chi connectivity index (χ1) is 14.2. The monoisotopic (exact) mass is 459 g/mol. The van der Waals surface area contributed by atoms with E-state index in [4.69, 9.17) is 15.6 Å². The quantitative estimate of drug-likeness (QED) is 0.371. The van der Waals surface area contributed by atoms with Crippen LogP contribution in [-0.2, 0) is 6.54 Å². The summed E-state index contributed by atoms with van der Waals surface area (Å²) in [6.07, 6.45) is 0. The van der Waals surface area contributed by atoms with Crippen LogP contribution in [0.25, 0.3) is 22.2 Å². The summed E-state index contributed by atoms with van der Waals surface area (Å²) in [5.74, 6) is 0.881. The van der Waals surface area contributed by atoms with E-state index in [-0.39, 0.29) is 15.0 Å². The minimum absolute atomic E-state index is 0.206. The molecule has 1 aliphatic rings. The van der Waals surface area contributed by atoms with Gasteiger partial charge in [-0.05, 0) is 0 Å². The van der Waals surface area contributed by atoms with Crippen molar-refractivity contribution in [3.8, 4) is 17.0 Å². The Bertz CT molecular complexity index is 1010. The second-order valence-corrected chi connectivity index (χ2v) is 9.32. The maximum atomic E-state index is 5.74. The standard InChI is InChI=1S/C22H29N5OSe/c1-4-26(5-2)12-13-27-18-8-7-17(24-11-10-23)22-20(18)21(25-27)16-14-15(28-3)6-9-19(16)29-22/h6-9,14,24H,4-5,10-13,23H2,1-3H3. The van der Waals surface area contributed by atoms with Gasteiger partial charge in [-0.25, -0.2) is 0 Å². The van der Waals surface area contributed by atoms with Crippen LogP contribution in [0.15, 0.2) is 30.3 Å². The number of nitrogens with one attached hydrogen (secondary N) is 1. The van der Waals surface area contributed by atoms with Gasteiger partial charge in [0, 0.05) is 0 Å². The number of fused-ring (bicyclic) bond motifs is 2. The second kappa shape index (κ2) is 8.76. The molecule has 0 amide bonds. The molecule has 1 aromatic heterocycles. The van der Waals surface area contributed by atoms with Gasteiger partial charge < -0.3 is 0 Å². The van der Waals surface area contributed by atoms with E-state index in [1.54, 1.807) is 7.11 Å². The zero-order valence-corrected chi connectivity index (χ0v) is 19.1. The maximum absolute atomic E-state index is 5.74. The van der Waals surface area contributed by atoms with E-state index >= 15 is 0 Å². The van der Waals surface area contributed by atoms with Crippen molar-refractivity contribution in [2.75, 3.05) is 45.2 Å². The molecule has 0 saturated heterocycles. The zero-order valence-electron chi connectivity index (χ0n) is 17.4. The van der Waals surface area contributed by atoms with Gasteiger partial charge in [-0.15, -0.1) is 0 Å². The summed E-state index contributed by atoms with van der Waals surface area (Å²) in [7, 11) is 1.72. The number of rotatable bonds is 9. The van der Waals surface area contributed by atoms with Gasteiger partial charge in [-0.3, -0.25) is 0 Å². The molecule has 0 saturated carbocycles. The summed E-state index contributed by atoms with van der Waals surface area (Å²) in [5, 5.41) is 9.89. The summed E-state index contributed by atoms with van der Waals surface area (Å²) in [5.41, 5.74) is 10.4. The van der Waals surface area contributed by atoms with Crippen molar-refractivity contribution in [2.45, 2.75) is 20.4 Å². The Kier molecular flexibility index (Phi) is 6.11. The number of methoxy groups -OCH3 is 1. The Balaban J connectivity index is 1.84. The van der Waals surface area contributed by atoms with Crippen molar-refractivity contribution in [1.82, 2.24) is 14.7 Å². The van der Waals surface area contributed by atoms with Gasteiger partial charge >= 0.3 is 179 Å². The van der Waals surface area contributed by atoms with Crippen LogP contribution < -0.4 is 24.7 Å². The summed E-state index contributed by atoms with van der Waals surface area (Å²) in [6, 6.07) is 10.8. The fourth-order valence-electron chi connectivity index (χ4n) is 3.85. The van der Waals surface area contributed by atoms with Crippen LogP contribution >= 0.6 is 0 Å². The van der Waals surface area contributed by atoms with E-state index in [0.29, 0.717) is 6.54 Å². The summed E-state index contributed by atoms with van der Waals surface area (Å²) in [6.45, 7) is 9.82. The number of hydrogen-bond donors (Lipinski definition) is 2. The first-order valence-electron chi connectivity index (χ1n) is 10.3. The van der Waals surface area contributed by atoms with Crippen molar-refractivity contribution in [1.29, 1.82) is 0 Å². The van der Waals surface area contributed by atoms with Gasteiger partial charge in [-0.2, -0.15) is 0 Å². The van der Waals surface area contributed by atoms with Crippen LogP contribution in [0.1, 0.15) is 13.8 Å². The predicted octanol–water partition coefficient (Wildman–Crippen LogP) is 1.39. The average Bonchev–Trinajstić information content (AvgIpc) is 3.13.